The van der Waals surface area contributed by atoms with E-state index in [1.54, 1.807) is 0 Å². The summed E-state index contributed by atoms with van der Waals surface area (Å²) in [4.78, 5) is 0.829. The average molecular weight is 330 g/mol. The van der Waals surface area contributed by atoms with E-state index in [0.29, 0.717) is 6.61 Å². The van der Waals surface area contributed by atoms with E-state index < -0.39 is 0 Å². The van der Waals surface area contributed by atoms with Gasteiger partial charge < -0.3 is 4.74 Å². The summed E-state index contributed by atoms with van der Waals surface area (Å²) in [6.07, 6.45) is 1.92. The number of ether oxygens (including phenoxy) is 1. The highest BCUT2D eigenvalue weighted by atomic mass is 32.1. The van der Waals surface area contributed by atoms with E-state index in [-0.39, 0.29) is 5.41 Å². The molecule has 0 spiro atoms. The van der Waals surface area contributed by atoms with Crippen molar-refractivity contribution in [1.29, 1.82) is 0 Å². The Balaban J connectivity index is 1.68. The van der Waals surface area contributed by atoms with Crippen molar-refractivity contribution >= 4 is 16.3 Å². The number of aryl methyl sites for hydroxylation is 1. The molecule has 6 heteroatoms. The number of hydrogen-bond acceptors (Lipinski definition) is 5. The number of aromatic nitrogens is 4. The molecule has 0 aliphatic rings. The summed E-state index contributed by atoms with van der Waals surface area (Å²) in [7, 11) is 0. The van der Waals surface area contributed by atoms with Crippen LogP contribution in [0.25, 0.3) is 4.96 Å². The van der Waals surface area contributed by atoms with Crippen LogP contribution in [-0.4, -0.2) is 19.8 Å². The van der Waals surface area contributed by atoms with Crippen LogP contribution in [0.15, 0.2) is 24.3 Å². The molecule has 0 aliphatic heterocycles. The van der Waals surface area contributed by atoms with Gasteiger partial charge in [0.05, 0.1) is 0 Å². The molecule has 0 atom stereocenters. The average Bonchev–Trinajstić information content (AvgIpc) is 3.07. The van der Waals surface area contributed by atoms with Crippen LogP contribution in [0.3, 0.4) is 0 Å². The van der Waals surface area contributed by atoms with Gasteiger partial charge in [-0.25, -0.2) is 0 Å². The molecule has 0 saturated carbocycles. The fourth-order valence-corrected chi connectivity index (χ4v) is 3.10. The van der Waals surface area contributed by atoms with Crippen molar-refractivity contribution in [2.45, 2.75) is 52.6 Å². The molecule has 0 fully saturated rings. The van der Waals surface area contributed by atoms with E-state index in [2.05, 4.69) is 55.1 Å². The summed E-state index contributed by atoms with van der Waals surface area (Å²) in [5.41, 5.74) is 1.45. The maximum atomic E-state index is 5.84. The molecule has 0 amide bonds. The fourth-order valence-electron chi connectivity index (χ4n) is 2.33. The third-order valence-corrected chi connectivity index (χ3v) is 4.53. The molecule has 3 rings (SSSR count). The van der Waals surface area contributed by atoms with Crippen LogP contribution in [-0.2, 0) is 18.4 Å². The molecule has 23 heavy (non-hydrogen) atoms. The molecular weight excluding hydrogens is 308 g/mol. The van der Waals surface area contributed by atoms with E-state index in [4.69, 9.17) is 4.74 Å². The van der Waals surface area contributed by atoms with Gasteiger partial charge in [-0.3, -0.25) is 0 Å². The summed E-state index contributed by atoms with van der Waals surface area (Å²) >= 11 is 1.52. The first-order valence-electron chi connectivity index (χ1n) is 7.90. The molecule has 0 radical (unpaired) electrons. The fraction of sp³-hybridized carbons (Fsp3) is 0.471. The lowest BCUT2D eigenvalue weighted by Crippen LogP contribution is -2.10. The minimum atomic E-state index is 0.155. The van der Waals surface area contributed by atoms with Gasteiger partial charge in [0.1, 0.15) is 12.4 Å². The summed E-state index contributed by atoms with van der Waals surface area (Å²) < 4.78 is 7.67. The Kier molecular flexibility index (Phi) is 4.35. The lowest BCUT2D eigenvalue weighted by Gasteiger charge is -2.19. The quantitative estimate of drug-likeness (QED) is 0.709. The van der Waals surface area contributed by atoms with Gasteiger partial charge in [-0.15, -0.1) is 10.2 Å². The lowest BCUT2D eigenvalue weighted by atomic mass is 9.87. The topological polar surface area (TPSA) is 52.3 Å². The monoisotopic (exact) mass is 330 g/mol. The van der Waals surface area contributed by atoms with Crippen LogP contribution in [0.1, 0.15) is 50.5 Å². The van der Waals surface area contributed by atoms with Crippen molar-refractivity contribution in [3.8, 4) is 5.75 Å². The number of fused-ring (bicyclic) bond motifs is 1. The second-order valence-electron chi connectivity index (χ2n) is 6.62. The molecule has 5 nitrogen and oxygen atoms in total. The molecule has 0 unspecified atom stereocenters. The molecule has 2 aromatic heterocycles. The molecule has 0 bridgehead atoms. The Labute approximate surface area is 140 Å². The van der Waals surface area contributed by atoms with Gasteiger partial charge in [0.15, 0.2) is 10.8 Å². The minimum Gasteiger partial charge on any atom is -0.486 e. The largest absolute Gasteiger partial charge is 0.486 e. The van der Waals surface area contributed by atoms with E-state index in [1.165, 1.54) is 16.9 Å². The maximum Gasteiger partial charge on any atom is 0.234 e. The zero-order valence-corrected chi connectivity index (χ0v) is 14.9. The van der Waals surface area contributed by atoms with Gasteiger partial charge >= 0.3 is 0 Å². The predicted molar refractivity (Wildman–Crippen MR) is 92.1 cm³/mol. The molecule has 0 saturated heterocycles. The van der Waals surface area contributed by atoms with Crippen molar-refractivity contribution in [3.05, 3.63) is 40.7 Å². The summed E-state index contributed by atoms with van der Waals surface area (Å²) in [5.74, 6) is 1.78. The predicted octanol–water partition coefficient (Wildman–Crippen LogP) is 4.01. The Hall–Kier alpha value is -1.95. The van der Waals surface area contributed by atoms with Crippen LogP contribution >= 0.6 is 11.3 Å². The maximum absolute atomic E-state index is 5.84. The first-order valence-corrected chi connectivity index (χ1v) is 8.72. The van der Waals surface area contributed by atoms with Crippen molar-refractivity contribution in [1.82, 2.24) is 19.8 Å². The van der Waals surface area contributed by atoms with Gasteiger partial charge in [0, 0.05) is 6.42 Å². The Morgan fingerprint density at radius 1 is 1.13 bits per heavy atom. The van der Waals surface area contributed by atoms with E-state index in [1.807, 2.05) is 16.6 Å². The molecule has 0 N–H and O–H groups in total. The van der Waals surface area contributed by atoms with E-state index >= 15 is 0 Å². The Morgan fingerprint density at radius 2 is 1.87 bits per heavy atom. The second kappa shape index (κ2) is 6.28. The summed E-state index contributed by atoms with van der Waals surface area (Å²) in [5, 5.41) is 13.8. The third-order valence-electron chi connectivity index (χ3n) is 3.65. The molecular formula is C17H22N4OS. The Morgan fingerprint density at radius 3 is 2.52 bits per heavy atom. The van der Waals surface area contributed by atoms with Crippen molar-refractivity contribution in [2.75, 3.05) is 0 Å². The summed E-state index contributed by atoms with van der Waals surface area (Å²) in [6.45, 7) is 9.19. The lowest BCUT2D eigenvalue weighted by molar-refractivity contribution is 0.303. The molecule has 1 aromatic carbocycles. The van der Waals surface area contributed by atoms with Gasteiger partial charge in [-0.05, 0) is 29.5 Å². The minimum absolute atomic E-state index is 0.155. The highest BCUT2D eigenvalue weighted by Gasteiger charge is 2.14. The number of nitrogens with zero attached hydrogens (tertiary/aromatic N) is 4. The highest BCUT2D eigenvalue weighted by Crippen LogP contribution is 2.25. The van der Waals surface area contributed by atoms with Crippen LogP contribution in [0.4, 0.5) is 0 Å². The van der Waals surface area contributed by atoms with Crippen molar-refractivity contribution < 1.29 is 4.74 Å². The third kappa shape index (κ3) is 3.52. The standard InChI is InChI=1S/C17H22N4OS/c1-5-6-14-18-19-16-21(14)20-15(23-16)11-22-13-9-7-12(8-10-13)17(2,3)4/h7-10H,5-6,11H2,1-4H3. The van der Waals surface area contributed by atoms with E-state index in [0.717, 1.165) is 34.4 Å². The molecule has 0 aliphatic carbocycles. The number of benzene rings is 1. The van der Waals surface area contributed by atoms with E-state index in [9.17, 15) is 0 Å². The highest BCUT2D eigenvalue weighted by molar-refractivity contribution is 7.16. The van der Waals surface area contributed by atoms with Crippen molar-refractivity contribution in [2.24, 2.45) is 0 Å². The zero-order chi connectivity index (χ0) is 16.4. The smallest absolute Gasteiger partial charge is 0.234 e. The second-order valence-corrected chi connectivity index (χ2v) is 7.66. The number of hydrogen-bond donors (Lipinski definition) is 0. The first-order chi connectivity index (χ1) is 11.0. The molecule has 122 valence electrons. The van der Waals surface area contributed by atoms with Gasteiger partial charge in [0.25, 0.3) is 0 Å². The van der Waals surface area contributed by atoms with Gasteiger partial charge in [-0.2, -0.15) is 9.61 Å². The zero-order valence-electron chi connectivity index (χ0n) is 14.0. The van der Waals surface area contributed by atoms with Crippen LogP contribution in [0.2, 0.25) is 0 Å². The first kappa shape index (κ1) is 15.9. The normalized spacial score (nSPS) is 12.0. The Bertz CT molecular complexity index is 783. The molecule has 2 heterocycles. The SMILES string of the molecule is CCCc1nnc2sc(COc3ccc(C(C)(C)C)cc3)nn12. The van der Waals surface area contributed by atoms with Crippen LogP contribution in [0.5, 0.6) is 5.75 Å². The number of rotatable bonds is 5. The van der Waals surface area contributed by atoms with Crippen LogP contribution in [0, 0.1) is 0 Å². The van der Waals surface area contributed by atoms with Crippen LogP contribution < -0.4 is 4.74 Å². The van der Waals surface area contributed by atoms with Gasteiger partial charge in [-0.1, -0.05) is 51.2 Å². The molecule has 3 aromatic rings. The van der Waals surface area contributed by atoms with Crippen molar-refractivity contribution in [3.63, 3.8) is 0 Å². The van der Waals surface area contributed by atoms with Gasteiger partial charge in [0.2, 0.25) is 4.96 Å². The summed E-state index contributed by atoms with van der Waals surface area (Å²) in [6, 6.07) is 8.27.